The second-order valence-corrected chi connectivity index (χ2v) is 5.30. The van der Waals surface area contributed by atoms with Crippen LogP contribution in [-0.2, 0) is 5.41 Å². The Balaban J connectivity index is 3.08. The average Bonchev–Trinajstić information content (AvgIpc) is 2.27. The Labute approximate surface area is 109 Å². The first-order chi connectivity index (χ1) is 8.52. The Kier molecular flexibility index (Phi) is 4.27. The standard InChI is InChI=1S/C13H17F4NO/c1-11(2,9-4-3-5-10(14)6-9)7-12(19,8-18)13(15,16)17/h3-6,19H,7-8,18H2,1-2H3. The molecule has 0 aromatic heterocycles. The maximum Gasteiger partial charge on any atom is 0.418 e. The van der Waals surface area contributed by atoms with Gasteiger partial charge in [-0.25, -0.2) is 4.39 Å². The van der Waals surface area contributed by atoms with Crippen LogP contribution in [0.15, 0.2) is 24.3 Å². The van der Waals surface area contributed by atoms with Crippen LogP contribution < -0.4 is 5.73 Å². The largest absolute Gasteiger partial charge is 0.418 e. The fraction of sp³-hybridized carbons (Fsp3) is 0.538. The number of rotatable bonds is 4. The van der Waals surface area contributed by atoms with Gasteiger partial charge in [-0.05, 0) is 29.5 Å². The third-order valence-electron chi connectivity index (χ3n) is 3.21. The topological polar surface area (TPSA) is 46.2 Å². The van der Waals surface area contributed by atoms with Gasteiger partial charge in [0.2, 0.25) is 0 Å². The van der Waals surface area contributed by atoms with E-state index >= 15 is 0 Å². The zero-order chi connectivity index (χ0) is 14.9. The lowest BCUT2D eigenvalue weighted by Gasteiger charge is -2.37. The van der Waals surface area contributed by atoms with Crippen molar-refractivity contribution in [3.8, 4) is 0 Å². The SMILES string of the molecule is CC(C)(CC(O)(CN)C(F)(F)F)c1cccc(F)c1. The molecule has 1 unspecified atom stereocenters. The molecule has 0 spiro atoms. The highest BCUT2D eigenvalue weighted by atomic mass is 19.4. The number of benzene rings is 1. The fourth-order valence-electron chi connectivity index (χ4n) is 2.03. The van der Waals surface area contributed by atoms with Crippen LogP contribution in [0.1, 0.15) is 25.8 Å². The molecule has 1 aromatic rings. The molecule has 6 heteroatoms. The lowest BCUT2D eigenvalue weighted by molar-refractivity contribution is -0.262. The molecule has 2 nitrogen and oxygen atoms in total. The third-order valence-corrected chi connectivity index (χ3v) is 3.21. The number of alkyl halides is 3. The van der Waals surface area contributed by atoms with Gasteiger partial charge in [0, 0.05) is 6.54 Å². The lowest BCUT2D eigenvalue weighted by atomic mass is 9.75. The maximum atomic E-state index is 13.1. The first kappa shape index (κ1) is 15.9. The van der Waals surface area contributed by atoms with Crippen LogP contribution in [0.4, 0.5) is 17.6 Å². The summed E-state index contributed by atoms with van der Waals surface area (Å²) in [6.45, 7) is 2.08. The van der Waals surface area contributed by atoms with Crippen molar-refractivity contribution in [3.63, 3.8) is 0 Å². The van der Waals surface area contributed by atoms with E-state index < -0.39 is 36.0 Å². The highest BCUT2D eigenvalue weighted by Gasteiger charge is 2.55. The molecule has 0 amide bonds. The number of hydrogen-bond acceptors (Lipinski definition) is 2. The van der Waals surface area contributed by atoms with E-state index in [0.717, 1.165) is 6.07 Å². The van der Waals surface area contributed by atoms with E-state index in [1.54, 1.807) is 0 Å². The zero-order valence-corrected chi connectivity index (χ0v) is 10.8. The van der Waals surface area contributed by atoms with Crippen LogP contribution in [0.3, 0.4) is 0 Å². The van der Waals surface area contributed by atoms with Crippen molar-refractivity contribution in [2.45, 2.75) is 37.5 Å². The van der Waals surface area contributed by atoms with Crippen LogP contribution in [0, 0.1) is 5.82 Å². The minimum atomic E-state index is -4.83. The van der Waals surface area contributed by atoms with Crippen molar-refractivity contribution >= 4 is 0 Å². The summed E-state index contributed by atoms with van der Waals surface area (Å²) in [6.07, 6.45) is -5.46. The molecule has 0 aliphatic rings. The van der Waals surface area contributed by atoms with E-state index in [4.69, 9.17) is 5.73 Å². The molecule has 1 rings (SSSR count). The molecule has 0 saturated heterocycles. The average molecular weight is 279 g/mol. The summed E-state index contributed by atoms with van der Waals surface area (Å²) in [5.41, 5.74) is 1.40. The van der Waals surface area contributed by atoms with E-state index in [-0.39, 0.29) is 0 Å². The van der Waals surface area contributed by atoms with Crippen molar-refractivity contribution in [2.75, 3.05) is 6.54 Å². The van der Waals surface area contributed by atoms with Crippen LogP contribution in [0.25, 0.3) is 0 Å². The molecule has 0 fully saturated rings. The Morgan fingerprint density at radius 1 is 1.21 bits per heavy atom. The van der Waals surface area contributed by atoms with Crippen molar-refractivity contribution in [3.05, 3.63) is 35.6 Å². The normalized spacial score (nSPS) is 16.2. The molecule has 0 aliphatic heterocycles. The molecule has 19 heavy (non-hydrogen) atoms. The van der Waals surface area contributed by atoms with Gasteiger partial charge in [-0.1, -0.05) is 26.0 Å². The molecule has 108 valence electrons. The summed E-state index contributed by atoms with van der Waals surface area (Å²) >= 11 is 0. The lowest BCUT2D eigenvalue weighted by Crippen LogP contribution is -2.54. The third kappa shape index (κ3) is 3.45. The van der Waals surface area contributed by atoms with Gasteiger partial charge in [-0.15, -0.1) is 0 Å². The second-order valence-electron chi connectivity index (χ2n) is 5.30. The first-order valence-electron chi connectivity index (χ1n) is 5.77. The molecule has 1 aromatic carbocycles. The van der Waals surface area contributed by atoms with Gasteiger partial charge in [0.1, 0.15) is 5.82 Å². The minimum absolute atomic E-state index is 0.378. The predicted octanol–water partition coefficient (Wildman–Crippen LogP) is 2.75. The van der Waals surface area contributed by atoms with E-state index in [0.29, 0.717) is 5.56 Å². The number of nitrogens with two attached hydrogens (primary N) is 1. The van der Waals surface area contributed by atoms with Gasteiger partial charge in [0.05, 0.1) is 0 Å². The summed E-state index contributed by atoms with van der Waals surface area (Å²) in [7, 11) is 0. The van der Waals surface area contributed by atoms with Gasteiger partial charge in [0.25, 0.3) is 0 Å². The molecule has 1 atom stereocenters. The number of aliphatic hydroxyl groups is 1. The maximum absolute atomic E-state index is 13.1. The van der Waals surface area contributed by atoms with Gasteiger partial charge < -0.3 is 10.8 Å². The summed E-state index contributed by atoms with van der Waals surface area (Å²) in [5, 5.41) is 9.68. The van der Waals surface area contributed by atoms with Gasteiger partial charge in [0.15, 0.2) is 5.60 Å². The molecule has 0 heterocycles. The second kappa shape index (κ2) is 5.09. The minimum Gasteiger partial charge on any atom is -0.379 e. The van der Waals surface area contributed by atoms with E-state index in [2.05, 4.69) is 0 Å². The smallest absolute Gasteiger partial charge is 0.379 e. The highest BCUT2D eigenvalue weighted by Crippen LogP contribution is 2.40. The van der Waals surface area contributed by atoms with E-state index in [1.807, 2.05) is 0 Å². The van der Waals surface area contributed by atoms with Crippen LogP contribution >= 0.6 is 0 Å². The zero-order valence-electron chi connectivity index (χ0n) is 10.8. The molecule has 0 bridgehead atoms. The van der Waals surface area contributed by atoms with Gasteiger partial charge in [-0.3, -0.25) is 0 Å². The molecular weight excluding hydrogens is 262 g/mol. The summed E-state index contributed by atoms with van der Waals surface area (Å²) in [4.78, 5) is 0. The summed E-state index contributed by atoms with van der Waals surface area (Å²) in [6, 6.07) is 5.31. The Hall–Kier alpha value is -1.14. The molecular formula is C13H17F4NO. The highest BCUT2D eigenvalue weighted by molar-refractivity contribution is 5.25. The van der Waals surface area contributed by atoms with Crippen molar-refractivity contribution in [2.24, 2.45) is 5.73 Å². The number of hydrogen-bond donors (Lipinski definition) is 2. The molecule has 0 aliphatic carbocycles. The molecule has 0 saturated carbocycles. The quantitative estimate of drug-likeness (QED) is 0.832. The van der Waals surface area contributed by atoms with Crippen molar-refractivity contribution in [1.29, 1.82) is 0 Å². The Morgan fingerprint density at radius 2 is 1.79 bits per heavy atom. The molecule has 3 N–H and O–H groups in total. The Morgan fingerprint density at radius 3 is 2.21 bits per heavy atom. The fourth-order valence-corrected chi connectivity index (χ4v) is 2.03. The Bertz CT molecular complexity index is 445. The number of halogens is 4. The van der Waals surface area contributed by atoms with Crippen molar-refractivity contribution < 1.29 is 22.7 Å². The summed E-state index contributed by atoms with van der Waals surface area (Å²) < 4.78 is 51.6. The van der Waals surface area contributed by atoms with E-state index in [1.165, 1.54) is 32.0 Å². The van der Waals surface area contributed by atoms with Gasteiger partial charge in [-0.2, -0.15) is 13.2 Å². The van der Waals surface area contributed by atoms with Crippen LogP contribution in [-0.4, -0.2) is 23.4 Å². The van der Waals surface area contributed by atoms with Crippen molar-refractivity contribution in [1.82, 2.24) is 0 Å². The monoisotopic (exact) mass is 279 g/mol. The molecule has 0 radical (unpaired) electrons. The predicted molar refractivity (Wildman–Crippen MR) is 64.1 cm³/mol. The van der Waals surface area contributed by atoms with Crippen LogP contribution in [0.2, 0.25) is 0 Å². The summed E-state index contributed by atoms with van der Waals surface area (Å²) in [5.74, 6) is -0.533. The first-order valence-corrected chi connectivity index (χ1v) is 5.77. The van der Waals surface area contributed by atoms with Crippen LogP contribution in [0.5, 0.6) is 0 Å². The van der Waals surface area contributed by atoms with Gasteiger partial charge >= 0.3 is 6.18 Å². The van der Waals surface area contributed by atoms with E-state index in [9.17, 15) is 22.7 Å².